The van der Waals surface area contributed by atoms with Crippen LogP contribution in [-0.2, 0) is 13.1 Å². The highest BCUT2D eigenvalue weighted by molar-refractivity contribution is 5.33. The lowest BCUT2D eigenvalue weighted by molar-refractivity contribution is 0.216. The maximum atomic E-state index is 14.4. The van der Waals surface area contributed by atoms with Gasteiger partial charge in [-0.25, -0.2) is 8.78 Å². The molecule has 0 radical (unpaired) electrons. The third-order valence-electron chi connectivity index (χ3n) is 5.68. The van der Waals surface area contributed by atoms with Crippen molar-refractivity contribution in [2.75, 3.05) is 6.54 Å². The molecule has 0 aliphatic carbocycles. The second-order valence-electron chi connectivity index (χ2n) is 7.89. The molecule has 146 valence electrons. The van der Waals surface area contributed by atoms with E-state index in [9.17, 15) is 8.78 Å². The molecule has 0 saturated carbocycles. The van der Waals surface area contributed by atoms with Crippen LogP contribution >= 0.6 is 0 Å². The Bertz CT molecular complexity index is 943. The largest absolute Gasteiger partial charge is 0.350 e. The number of aromatic nitrogens is 1. The van der Waals surface area contributed by atoms with Crippen LogP contribution in [0.25, 0.3) is 0 Å². The van der Waals surface area contributed by atoms with Crippen LogP contribution in [0.2, 0.25) is 0 Å². The molecule has 4 rings (SSSR count). The molecule has 28 heavy (non-hydrogen) atoms. The normalized spacial score (nSPS) is 17.5. The fourth-order valence-corrected chi connectivity index (χ4v) is 4.14. The molecular weight excluding hydrogens is 354 g/mol. The molecule has 0 saturated heterocycles. The molecule has 1 aromatic heterocycles. The van der Waals surface area contributed by atoms with Gasteiger partial charge in [-0.1, -0.05) is 50.2 Å². The van der Waals surface area contributed by atoms with Crippen molar-refractivity contribution < 1.29 is 8.78 Å². The zero-order valence-electron chi connectivity index (χ0n) is 16.4. The van der Waals surface area contributed by atoms with Gasteiger partial charge in [-0.15, -0.1) is 0 Å². The zero-order chi connectivity index (χ0) is 19.7. The topological polar surface area (TPSA) is 8.17 Å². The van der Waals surface area contributed by atoms with Crippen molar-refractivity contribution in [3.63, 3.8) is 0 Å². The summed E-state index contributed by atoms with van der Waals surface area (Å²) >= 11 is 0. The third kappa shape index (κ3) is 3.61. The second kappa shape index (κ2) is 7.88. The molecule has 2 nitrogen and oxygen atoms in total. The Morgan fingerprint density at radius 2 is 1.75 bits per heavy atom. The van der Waals surface area contributed by atoms with Crippen LogP contribution in [0, 0.1) is 11.6 Å². The Balaban J connectivity index is 1.74. The number of fused-ring (bicyclic) bond motifs is 1. The van der Waals surface area contributed by atoms with Gasteiger partial charge in [-0.3, -0.25) is 4.90 Å². The monoisotopic (exact) mass is 380 g/mol. The number of nitrogens with zero attached hydrogens (tertiary/aromatic N) is 2. The molecule has 0 N–H and O–H groups in total. The fourth-order valence-electron chi connectivity index (χ4n) is 4.14. The molecule has 0 bridgehead atoms. The van der Waals surface area contributed by atoms with Gasteiger partial charge in [0.2, 0.25) is 0 Å². The molecule has 3 aromatic rings. The highest BCUT2D eigenvalue weighted by atomic mass is 19.2. The van der Waals surface area contributed by atoms with Crippen LogP contribution in [0.1, 0.15) is 54.6 Å². The number of benzene rings is 2. The van der Waals surface area contributed by atoms with E-state index in [1.54, 1.807) is 12.1 Å². The highest BCUT2D eigenvalue weighted by Crippen LogP contribution is 2.34. The minimum Gasteiger partial charge on any atom is -0.350 e. The molecule has 1 atom stereocenters. The van der Waals surface area contributed by atoms with Crippen LogP contribution in [-0.4, -0.2) is 16.0 Å². The van der Waals surface area contributed by atoms with Crippen molar-refractivity contribution >= 4 is 0 Å². The third-order valence-corrected chi connectivity index (χ3v) is 5.68. The summed E-state index contributed by atoms with van der Waals surface area (Å²) in [5, 5.41) is 0. The van der Waals surface area contributed by atoms with Crippen LogP contribution < -0.4 is 0 Å². The SMILES string of the molecule is CC(C)c1ccc([C@@H]2c3cccn3CCCN2Cc2cccc(F)c2F)cc1. The molecule has 0 amide bonds. The van der Waals surface area contributed by atoms with Crippen molar-refractivity contribution in [2.45, 2.75) is 45.3 Å². The quantitative estimate of drug-likeness (QED) is 0.548. The van der Waals surface area contributed by atoms with E-state index in [-0.39, 0.29) is 6.04 Å². The summed E-state index contributed by atoms with van der Waals surface area (Å²) < 4.78 is 30.4. The van der Waals surface area contributed by atoms with Gasteiger partial charge in [-0.05, 0) is 41.7 Å². The van der Waals surface area contributed by atoms with Gasteiger partial charge < -0.3 is 4.57 Å². The van der Waals surface area contributed by atoms with Crippen LogP contribution in [0.15, 0.2) is 60.8 Å². The van der Waals surface area contributed by atoms with Gasteiger partial charge in [0.25, 0.3) is 0 Å². The Labute approximate surface area is 165 Å². The Hall–Kier alpha value is -2.46. The summed E-state index contributed by atoms with van der Waals surface area (Å²) in [6.07, 6.45) is 3.08. The molecule has 1 aliphatic heterocycles. The van der Waals surface area contributed by atoms with Crippen LogP contribution in [0.5, 0.6) is 0 Å². The van der Waals surface area contributed by atoms with Gasteiger partial charge >= 0.3 is 0 Å². The number of hydrogen-bond acceptors (Lipinski definition) is 1. The number of halogens is 2. The molecule has 0 spiro atoms. The van der Waals surface area contributed by atoms with Crippen molar-refractivity contribution in [1.82, 2.24) is 9.47 Å². The molecule has 4 heteroatoms. The standard InChI is InChI=1S/C24H26F2N2/c1-17(2)18-9-11-19(12-10-18)24-22-8-4-13-27(22)14-5-15-28(24)16-20-6-3-7-21(25)23(20)26/h3-4,6-13,17,24H,5,14-16H2,1-2H3/t24-/m1/s1. The Kier molecular flexibility index (Phi) is 5.31. The van der Waals surface area contributed by atoms with Gasteiger partial charge in [0.1, 0.15) is 0 Å². The first kappa shape index (κ1) is 18.9. The lowest BCUT2D eigenvalue weighted by Crippen LogP contribution is -2.30. The van der Waals surface area contributed by atoms with Gasteiger partial charge in [-0.2, -0.15) is 0 Å². The number of hydrogen-bond donors (Lipinski definition) is 0. The Morgan fingerprint density at radius 1 is 0.964 bits per heavy atom. The van der Waals surface area contributed by atoms with Gasteiger partial charge in [0, 0.05) is 37.1 Å². The molecule has 0 unspecified atom stereocenters. The highest BCUT2D eigenvalue weighted by Gasteiger charge is 2.28. The number of rotatable bonds is 4. The van der Waals surface area contributed by atoms with E-state index in [1.807, 2.05) is 0 Å². The summed E-state index contributed by atoms with van der Waals surface area (Å²) in [5.74, 6) is -1.05. The van der Waals surface area contributed by atoms with Crippen molar-refractivity contribution in [2.24, 2.45) is 0 Å². The predicted octanol–water partition coefficient (Wildman–Crippen LogP) is 5.89. The first-order valence-electron chi connectivity index (χ1n) is 9.96. The molecular formula is C24H26F2N2. The summed E-state index contributed by atoms with van der Waals surface area (Å²) in [4.78, 5) is 2.26. The second-order valence-corrected chi connectivity index (χ2v) is 7.89. The molecule has 0 fully saturated rings. The first-order valence-corrected chi connectivity index (χ1v) is 9.96. The summed E-state index contributed by atoms with van der Waals surface area (Å²) in [6.45, 7) is 6.51. The minimum atomic E-state index is -0.784. The van der Waals surface area contributed by atoms with Crippen LogP contribution in [0.4, 0.5) is 8.78 Å². The maximum absolute atomic E-state index is 14.4. The van der Waals surface area contributed by atoms with Gasteiger partial charge in [0.15, 0.2) is 11.6 Å². The average molecular weight is 380 g/mol. The predicted molar refractivity (Wildman–Crippen MR) is 108 cm³/mol. The van der Waals surface area contributed by atoms with Crippen LogP contribution in [0.3, 0.4) is 0 Å². The minimum absolute atomic E-state index is 0.0152. The smallest absolute Gasteiger partial charge is 0.163 e. The number of aryl methyl sites for hydroxylation is 1. The summed E-state index contributed by atoms with van der Waals surface area (Å²) in [6, 6.07) is 17.4. The zero-order valence-corrected chi connectivity index (χ0v) is 16.4. The van der Waals surface area contributed by atoms with Crippen molar-refractivity contribution in [3.8, 4) is 0 Å². The van der Waals surface area contributed by atoms with Crippen molar-refractivity contribution in [3.05, 3.63) is 94.8 Å². The molecule has 1 aliphatic rings. The molecule has 2 heterocycles. The van der Waals surface area contributed by atoms with Crippen molar-refractivity contribution in [1.29, 1.82) is 0 Å². The summed E-state index contributed by atoms with van der Waals surface area (Å²) in [5.41, 5.74) is 4.09. The Morgan fingerprint density at radius 3 is 2.50 bits per heavy atom. The first-order chi connectivity index (χ1) is 13.5. The maximum Gasteiger partial charge on any atom is 0.163 e. The van der Waals surface area contributed by atoms with E-state index >= 15 is 0 Å². The average Bonchev–Trinajstić information content (AvgIpc) is 3.07. The molecule has 2 aromatic carbocycles. The van der Waals surface area contributed by atoms with E-state index in [1.165, 1.54) is 22.9 Å². The lowest BCUT2D eigenvalue weighted by atomic mass is 9.96. The van der Waals surface area contributed by atoms with E-state index in [0.29, 0.717) is 18.0 Å². The van der Waals surface area contributed by atoms with E-state index in [2.05, 4.69) is 65.9 Å². The van der Waals surface area contributed by atoms with Gasteiger partial charge in [0.05, 0.1) is 6.04 Å². The fraction of sp³-hybridized carbons (Fsp3) is 0.333. The lowest BCUT2D eigenvalue weighted by Gasteiger charge is -2.31. The summed E-state index contributed by atoms with van der Waals surface area (Å²) in [7, 11) is 0. The van der Waals surface area contributed by atoms with E-state index in [4.69, 9.17) is 0 Å². The van der Waals surface area contributed by atoms with E-state index in [0.717, 1.165) is 19.5 Å². The van der Waals surface area contributed by atoms with E-state index < -0.39 is 11.6 Å².